The molecule has 1 aliphatic heterocycles. The van der Waals surface area contributed by atoms with Gasteiger partial charge < -0.3 is 15.4 Å². The summed E-state index contributed by atoms with van der Waals surface area (Å²) in [5.41, 5.74) is 1.90. The molecule has 0 bridgehead atoms. The van der Waals surface area contributed by atoms with Crippen LogP contribution < -0.4 is 15.4 Å². The van der Waals surface area contributed by atoms with Crippen LogP contribution in [0.15, 0.2) is 30.3 Å². The minimum atomic E-state index is -0.182. The van der Waals surface area contributed by atoms with Gasteiger partial charge in [-0.1, -0.05) is 0 Å². The Bertz CT molecular complexity index is 714. The zero-order valence-corrected chi connectivity index (χ0v) is 14.9. The average molecular weight is 345 g/mol. The summed E-state index contributed by atoms with van der Waals surface area (Å²) in [4.78, 5) is 16.8. The van der Waals surface area contributed by atoms with Gasteiger partial charge in [0.15, 0.2) is 0 Å². The number of hydrogen-bond donors (Lipinski definition) is 2. The monoisotopic (exact) mass is 345 g/mol. The van der Waals surface area contributed by atoms with Gasteiger partial charge in [0.05, 0.1) is 0 Å². The Morgan fingerprint density at radius 2 is 2.21 bits per heavy atom. The Kier molecular flexibility index (Phi) is 5.37. The number of carbonyl (C=O) groups is 1. The minimum absolute atomic E-state index is 0.182. The van der Waals surface area contributed by atoms with Gasteiger partial charge in [0.1, 0.15) is 12.4 Å². The van der Waals surface area contributed by atoms with E-state index in [2.05, 4.69) is 34.6 Å². The standard InChI is InChI=1S/C18H23N3O2S/c1-3-19-18(22)20-15-5-7-17-14(10-15)11-21(8-9-23-17)12-16-6-4-13(2)24-16/h4-7,10H,3,8-9,11-12H2,1-2H3,(H2,19,20,22). The second kappa shape index (κ2) is 7.68. The molecule has 1 aliphatic rings. The second-order valence-corrected chi connectivity index (χ2v) is 7.25. The quantitative estimate of drug-likeness (QED) is 0.890. The molecule has 1 aromatic heterocycles. The van der Waals surface area contributed by atoms with Crippen molar-refractivity contribution in [3.8, 4) is 5.75 Å². The molecule has 3 rings (SSSR count). The fourth-order valence-corrected chi connectivity index (χ4v) is 3.72. The number of aryl methyl sites for hydroxylation is 1. The molecule has 2 aromatic rings. The van der Waals surface area contributed by atoms with E-state index in [4.69, 9.17) is 4.74 Å². The van der Waals surface area contributed by atoms with Gasteiger partial charge in [-0.25, -0.2) is 4.79 Å². The highest BCUT2D eigenvalue weighted by molar-refractivity contribution is 7.11. The number of thiophene rings is 1. The van der Waals surface area contributed by atoms with Crippen LogP contribution in [-0.4, -0.2) is 30.6 Å². The van der Waals surface area contributed by atoms with Crippen molar-refractivity contribution in [2.75, 3.05) is 25.0 Å². The van der Waals surface area contributed by atoms with Gasteiger partial charge in [-0.15, -0.1) is 11.3 Å². The number of fused-ring (bicyclic) bond motifs is 1. The molecule has 0 fully saturated rings. The lowest BCUT2D eigenvalue weighted by Crippen LogP contribution is -2.28. The number of nitrogens with one attached hydrogen (secondary N) is 2. The van der Waals surface area contributed by atoms with Crippen molar-refractivity contribution in [2.45, 2.75) is 26.9 Å². The van der Waals surface area contributed by atoms with Gasteiger partial charge in [-0.2, -0.15) is 0 Å². The molecule has 24 heavy (non-hydrogen) atoms. The van der Waals surface area contributed by atoms with Crippen LogP contribution in [0, 0.1) is 6.92 Å². The third kappa shape index (κ3) is 4.27. The van der Waals surface area contributed by atoms with E-state index in [1.807, 2.05) is 36.5 Å². The molecular weight excluding hydrogens is 322 g/mol. The first-order valence-electron chi connectivity index (χ1n) is 8.22. The number of urea groups is 1. The minimum Gasteiger partial charge on any atom is -0.492 e. The molecule has 0 saturated heterocycles. The van der Waals surface area contributed by atoms with E-state index in [-0.39, 0.29) is 6.03 Å². The number of benzene rings is 1. The molecule has 1 aromatic carbocycles. The Morgan fingerprint density at radius 3 is 2.96 bits per heavy atom. The smallest absolute Gasteiger partial charge is 0.319 e. The SMILES string of the molecule is CCNC(=O)Nc1ccc2c(c1)CN(Cc1ccc(C)s1)CCO2. The Labute approximate surface area is 146 Å². The van der Waals surface area contributed by atoms with Crippen LogP contribution in [0.25, 0.3) is 0 Å². The third-order valence-corrected chi connectivity index (χ3v) is 4.88. The number of ether oxygens (including phenoxy) is 1. The fourth-order valence-electron chi connectivity index (χ4n) is 2.79. The van der Waals surface area contributed by atoms with Crippen LogP contribution in [0.2, 0.25) is 0 Å². The average Bonchev–Trinajstić information content (AvgIpc) is 2.83. The van der Waals surface area contributed by atoms with E-state index in [0.29, 0.717) is 13.2 Å². The van der Waals surface area contributed by atoms with Crippen LogP contribution in [-0.2, 0) is 13.1 Å². The highest BCUT2D eigenvalue weighted by Crippen LogP contribution is 2.28. The highest BCUT2D eigenvalue weighted by Gasteiger charge is 2.17. The fraction of sp³-hybridized carbons (Fsp3) is 0.389. The van der Waals surface area contributed by atoms with Gasteiger partial charge in [0.25, 0.3) is 0 Å². The van der Waals surface area contributed by atoms with E-state index in [1.54, 1.807) is 0 Å². The molecule has 2 heterocycles. The van der Waals surface area contributed by atoms with Gasteiger partial charge in [0.2, 0.25) is 0 Å². The zero-order valence-electron chi connectivity index (χ0n) is 14.1. The lowest BCUT2D eigenvalue weighted by Gasteiger charge is -2.18. The number of anilines is 1. The van der Waals surface area contributed by atoms with Crippen molar-refractivity contribution < 1.29 is 9.53 Å². The van der Waals surface area contributed by atoms with Crippen LogP contribution in [0.3, 0.4) is 0 Å². The lowest BCUT2D eigenvalue weighted by molar-refractivity contribution is 0.221. The Hall–Kier alpha value is -2.05. The first-order chi connectivity index (χ1) is 11.6. The number of nitrogens with zero attached hydrogens (tertiary/aromatic N) is 1. The molecule has 2 N–H and O–H groups in total. The number of rotatable bonds is 4. The first kappa shape index (κ1) is 16.8. The van der Waals surface area contributed by atoms with E-state index in [0.717, 1.165) is 36.6 Å². The molecule has 0 atom stereocenters. The van der Waals surface area contributed by atoms with E-state index in [9.17, 15) is 4.79 Å². The van der Waals surface area contributed by atoms with Crippen molar-refractivity contribution in [3.63, 3.8) is 0 Å². The molecule has 2 amide bonds. The van der Waals surface area contributed by atoms with E-state index in [1.165, 1.54) is 9.75 Å². The summed E-state index contributed by atoms with van der Waals surface area (Å²) in [5.74, 6) is 0.904. The normalized spacial score (nSPS) is 14.4. The molecule has 0 spiro atoms. The summed E-state index contributed by atoms with van der Waals surface area (Å²) in [6.07, 6.45) is 0. The predicted molar refractivity (Wildman–Crippen MR) is 97.8 cm³/mol. The molecule has 0 aliphatic carbocycles. The highest BCUT2D eigenvalue weighted by atomic mass is 32.1. The molecule has 0 radical (unpaired) electrons. The maximum atomic E-state index is 11.7. The summed E-state index contributed by atoms with van der Waals surface area (Å²) in [5, 5.41) is 5.60. The van der Waals surface area contributed by atoms with Gasteiger partial charge in [0, 0.05) is 47.2 Å². The maximum absolute atomic E-state index is 11.7. The van der Waals surface area contributed by atoms with Gasteiger partial charge in [-0.3, -0.25) is 4.90 Å². The van der Waals surface area contributed by atoms with E-state index < -0.39 is 0 Å². The number of carbonyl (C=O) groups excluding carboxylic acids is 1. The van der Waals surface area contributed by atoms with Crippen LogP contribution >= 0.6 is 11.3 Å². The van der Waals surface area contributed by atoms with E-state index >= 15 is 0 Å². The van der Waals surface area contributed by atoms with Crippen LogP contribution in [0.5, 0.6) is 5.75 Å². The zero-order chi connectivity index (χ0) is 16.9. The van der Waals surface area contributed by atoms with Crippen molar-refractivity contribution in [3.05, 3.63) is 45.6 Å². The van der Waals surface area contributed by atoms with Crippen molar-refractivity contribution in [2.24, 2.45) is 0 Å². The molecule has 6 heteroatoms. The molecule has 128 valence electrons. The second-order valence-electron chi connectivity index (χ2n) is 5.88. The molecule has 0 unspecified atom stereocenters. The van der Waals surface area contributed by atoms with Gasteiger partial charge in [-0.05, 0) is 44.2 Å². The summed E-state index contributed by atoms with van der Waals surface area (Å²) in [6, 6.07) is 10.00. The Morgan fingerprint density at radius 1 is 1.33 bits per heavy atom. The van der Waals surface area contributed by atoms with Crippen molar-refractivity contribution in [1.29, 1.82) is 0 Å². The third-order valence-electron chi connectivity index (χ3n) is 3.89. The lowest BCUT2D eigenvalue weighted by atomic mass is 10.1. The Balaban J connectivity index is 1.72. The van der Waals surface area contributed by atoms with Crippen molar-refractivity contribution in [1.82, 2.24) is 10.2 Å². The molecular formula is C18H23N3O2S. The van der Waals surface area contributed by atoms with Gasteiger partial charge >= 0.3 is 6.03 Å². The first-order valence-corrected chi connectivity index (χ1v) is 9.04. The number of amides is 2. The summed E-state index contributed by atoms with van der Waals surface area (Å²) in [7, 11) is 0. The summed E-state index contributed by atoms with van der Waals surface area (Å²) in [6.45, 7) is 7.95. The predicted octanol–water partition coefficient (Wildman–Crippen LogP) is 3.59. The number of hydrogen-bond acceptors (Lipinski definition) is 4. The molecule has 0 saturated carbocycles. The summed E-state index contributed by atoms with van der Waals surface area (Å²) >= 11 is 1.84. The van der Waals surface area contributed by atoms with Crippen LogP contribution in [0.4, 0.5) is 10.5 Å². The topological polar surface area (TPSA) is 53.6 Å². The maximum Gasteiger partial charge on any atom is 0.319 e. The van der Waals surface area contributed by atoms with Crippen molar-refractivity contribution >= 4 is 23.1 Å². The summed E-state index contributed by atoms with van der Waals surface area (Å²) < 4.78 is 5.86. The molecule has 5 nitrogen and oxygen atoms in total. The largest absolute Gasteiger partial charge is 0.492 e. The van der Waals surface area contributed by atoms with Crippen LogP contribution in [0.1, 0.15) is 22.2 Å².